The molecule has 0 amide bonds. The molecule has 1 fully saturated rings. The Bertz CT molecular complexity index is 277. The number of ether oxygens (including phenoxy) is 1. The molecular formula is C14H27N3O. The lowest BCUT2D eigenvalue weighted by Crippen LogP contribution is -2.45. The minimum absolute atomic E-state index is 0.327. The molecule has 1 heterocycles. The Hall–Kier alpha value is -0.630. The molecule has 1 N–H and O–H groups in total. The van der Waals surface area contributed by atoms with E-state index in [4.69, 9.17) is 4.74 Å². The summed E-state index contributed by atoms with van der Waals surface area (Å²) in [6.45, 7) is 11.1. The van der Waals surface area contributed by atoms with Gasteiger partial charge in [0.15, 0.2) is 0 Å². The smallest absolute Gasteiger partial charge is 0.106 e. The van der Waals surface area contributed by atoms with Crippen molar-refractivity contribution >= 4 is 0 Å². The van der Waals surface area contributed by atoms with Gasteiger partial charge in [0.25, 0.3) is 0 Å². The third-order valence-corrected chi connectivity index (χ3v) is 3.74. The Kier molecular flexibility index (Phi) is 6.62. The normalized spacial score (nSPS) is 24.4. The van der Waals surface area contributed by atoms with Crippen molar-refractivity contribution in [3.8, 4) is 6.07 Å². The maximum atomic E-state index is 9.34. The molecule has 2 atom stereocenters. The van der Waals surface area contributed by atoms with Crippen LogP contribution in [0.2, 0.25) is 0 Å². The summed E-state index contributed by atoms with van der Waals surface area (Å²) in [6.07, 6.45) is 3.22. The molecule has 0 radical (unpaired) electrons. The second-order valence-corrected chi connectivity index (χ2v) is 5.16. The van der Waals surface area contributed by atoms with Crippen LogP contribution in [0.15, 0.2) is 0 Å². The molecule has 18 heavy (non-hydrogen) atoms. The van der Waals surface area contributed by atoms with E-state index in [9.17, 15) is 5.26 Å². The predicted molar refractivity (Wildman–Crippen MR) is 73.4 cm³/mol. The standard InChI is InChI=1S/C14H27N3O/c1-4-14(12-15,16-5-2)7-6-8-17-9-10-18-13(3)11-17/h13,16H,4-11H2,1-3H3. The molecule has 1 rings (SSSR count). The molecular weight excluding hydrogens is 226 g/mol. The molecule has 1 saturated heterocycles. The summed E-state index contributed by atoms with van der Waals surface area (Å²) in [5.41, 5.74) is -0.327. The van der Waals surface area contributed by atoms with Crippen LogP contribution in [-0.2, 0) is 4.74 Å². The highest BCUT2D eigenvalue weighted by molar-refractivity contribution is 5.06. The van der Waals surface area contributed by atoms with E-state index in [0.717, 1.165) is 52.0 Å². The molecule has 0 bridgehead atoms. The van der Waals surface area contributed by atoms with E-state index in [2.05, 4.69) is 37.1 Å². The predicted octanol–water partition coefficient (Wildman–Crippen LogP) is 1.77. The molecule has 4 nitrogen and oxygen atoms in total. The first-order valence-corrected chi connectivity index (χ1v) is 7.16. The van der Waals surface area contributed by atoms with Crippen LogP contribution in [-0.4, -0.2) is 49.3 Å². The summed E-state index contributed by atoms with van der Waals surface area (Å²) in [7, 11) is 0. The van der Waals surface area contributed by atoms with Crippen LogP contribution in [0.1, 0.15) is 40.0 Å². The Labute approximate surface area is 111 Å². The van der Waals surface area contributed by atoms with Crippen molar-refractivity contribution in [2.24, 2.45) is 0 Å². The van der Waals surface area contributed by atoms with E-state index in [1.807, 2.05) is 0 Å². The minimum Gasteiger partial charge on any atom is -0.376 e. The first-order valence-electron chi connectivity index (χ1n) is 7.16. The van der Waals surface area contributed by atoms with Gasteiger partial charge in [-0.25, -0.2) is 0 Å². The minimum atomic E-state index is -0.327. The van der Waals surface area contributed by atoms with E-state index in [-0.39, 0.29) is 5.54 Å². The van der Waals surface area contributed by atoms with Gasteiger partial charge in [0.05, 0.1) is 18.8 Å². The third-order valence-electron chi connectivity index (χ3n) is 3.74. The molecule has 1 aliphatic rings. The molecule has 0 spiro atoms. The Morgan fingerprint density at radius 1 is 1.50 bits per heavy atom. The van der Waals surface area contributed by atoms with Gasteiger partial charge in [-0.3, -0.25) is 10.2 Å². The summed E-state index contributed by atoms with van der Waals surface area (Å²) in [6, 6.07) is 2.46. The van der Waals surface area contributed by atoms with Crippen molar-refractivity contribution in [1.29, 1.82) is 5.26 Å². The SMILES string of the molecule is CCNC(C#N)(CC)CCCN1CCOC(C)C1. The number of nitriles is 1. The van der Waals surface area contributed by atoms with Crippen molar-refractivity contribution in [3.05, 3.63) is 0 Å². The van der Waals surface area contributed by atoms with Gasteiger partial charge in [-0.15, -0.1) is 0 Å². The molecule has 0 aromatic carbocycles. The van der Waals surface area contributed by atoms with Crippen molar-refractivity contribution in [2.45, 2.75) is 51.7 Å². The Morgan fingerprint density at radius 3 is 2.83 bits per heavy atom. The molecule has 0 saturated carbocycles. The third kappa shape index (κ3) is 4.56. The highest BCUT2D eigenvalue weighted by atomic mass is 16.5. The summed E-state index contributed by atoms with van der Waals surface area (Å²) in [5.74, 6) is 0. The highest BCUT2D eigenvalue weighted by Crippen LogP contribution is 2.17. The molecule has 2 unspecified atom stereocenters. The topological polar surface area (TPSA) is 48.3 Å². The van der Waals surface area contributed by atoms with Crippen molar-refractivity contribution in [3.63, 3.8) is 0 Å². The van der Waals surface area contributed by atoms with Gasteiger partial charge < -0.3 is 4.74 Å². The molecule has 0 aliphatic carbocycles. The lowest BCUT2D eigenvalue weighted by atomic mass is 9.92. The maximum Gasteiger partial charge on any atom is 0.106 e. The number of nitrogens with one attached hydrogen (secondary N) is 1. The fraction of sp³-hybridized carbons (Fsp3) is 0.929. The van der Waals surface area contributed by atoms with Gasteiger partial charge in [-0.2, -0.15) is 5.26 Å². The molecule has 0 aromatic rings. The van der Waals surface area contributed by atoms with E-state index >= 15 is 0 Å². The largest absolute Gasteiger partial charge is 0.376 e. The van der Waals surface area contributed by atoms with Crippen LogP contribution in [0.25, 0.3) is 0 Å². The lowest BCUT2D eigenvalue weighted by molar-refractivity contribution is -0.0189. The maximum absolute atomic E-state index is 9.34. The van der Waals surface area contributed by atoms with Crippen LogP contribution in [0.3, 0.4) is 0 Å². The monoisotopic (exact) mass is 253 g/mol. The molecule has 4 heteroatoms. The van der Waals surface area contributed by atoms with Crippen LogP contribution in [0.4, 0.5) is 0 Å². The number of hydrogen-bond donors (Lipinski definition) is 1. The quantitative estimate of drug-likeness (QED) is 0.751. The van der Waals surface area contributed by atoms with Crippen LogP contribution >= 0.6 is 0 Å². The Morgan fingerprint density at radius 2 is 2.28 bits per heavy atom. The molecule has 1 aliphatic heterocycles. The summed E-state index contributed by atoms with van der Waals surface area (Å²) >= 11 is 0. The van der Waals surface area contributed by atoms with Crippen LogP contribution in [0, 0.1) is 11.3 Å². The second-order valence-electron chi connectivity index (χ2n) is 5.16. The average molecular weight is 253 g/mol. The van der Waals surface area contributed by atoms with Gasteiger partial charge in [-0.1, -0.05) is 13.8 Å². The summed E-state index contributed by atoms with van der Waals surface area (Å²) in [5, 5.41) is 12.7. The first-order chi connectivity index (χ1) is 8.65. The Balaban J connectivity index is 2.32. The van der Waals surface area contributed by atoms with E-state index < -0.39 is 0 Å². The van der Waals surface area contributed by atoms with Crippen molar-refractivity contribution in [1.82, 2.24) is 10.2 Å². The highest BCUT2D eigenvalue weighted by Gasteiger charge is 2.26. The summed E-state index contributed by atoms with van der Waals surface area (Å²) < 4.78 is 5.53. The van der Waals surface area contributed by atoms with E-state index in [1.54, 1.807) is 0 Å². The lowest BCUT2D eigenvalue weighted by Gasteiger charge is -2.32. The molecule has 0 aromatic heterocycles. The van der Waals surface area contributed by atoms with Gasteiger partial charge in [0, 0.05) is 13.1 Å². The van der Waals surface area contributed by atoms with Gasteiger partial charge >= 0.3 is 0 Å². The van der Waals surface area contributed by atoms with Gasteiger partial charge in [0.1, 0.15) is 5.54 Å². The number of nitrogens with zero attached hydrogens (tertiary/aromatic N) is 2. The summed E-state index contributed by atoms with van der Waals surface area (Å²) in [4.78, 5) is 2.44. The van der Waals surface area contributed by atoms with Crippen LogP contribution < -0.4 is 5.32 Å². The average Bonchev–Trinajstić information content (AvgIpc) is 2.38. The van der Waals surface area contributed by atoms with Crippen molar-refractivity contribution < 1.29 is 4.74 Å². The fourth-order valence-electron chi connectivity index (χ4n) is 2.60. The fourth-order valence-corrected chi connectivity index (χ4v) is 2.60. The van der Waals surface area contributed by atoms with E-state index in [1.165, 1.54) is 0 Å². The van der Waals surface area contributed by atoms with Crippen LogP contribution in [0.5, 0.6) is 0 Å². The first kappa shape index (κ1) is 15.4. The second kappa shape index (κ2) is 7.73. The zero-order valence-electron chi connectivity index (χ0n) is 12.0. The number of morpholine rings is 1. The molecule has 104 valence electrons. The number of hydrogen-bond acceptors (Lipinski definition) is 4. The number of rotatable bonds is 7. The van der Waals surface area contributed by atoms with Gasteiger partial charge in [0.2, 0.25) is 0 Å². The zero-order valence-corrected chi connectivity index (χ0v) is 12.0. The van der Waals surface area contributed by atoms with E-state index in [0.29, 0.717) is 6.10 Å². The van der Waals surface area contributed by atoms with Gasteiger partial charge in [-0.05, 0) is 39.3 Å². The van der Waals surface area contributed by atoms with Crippen molar-refractivity contribution in [2.75, 3.05) is 32.8 Å². The zero-order chi connectivity index (χ0) is 13.4.